The average molecular weight is 655 g/mol. The molecule has 11 nitrogen and oxygen atoms in total. The average Bonchev–Trinajstić information content (AvgIpc) is 3.43. The first kappa shape index (κ1) is 35.9. The number of carboxylic acid groups (broad SMARTS) is 2. The van der Waals surface area contributed by atoms with E-state index in [-0.39, 0.29) is 15.8 Å². The van der Waals surface area contributed by atoms with Crippen molar-refractivity contribution in [2.45, 2.75) is 48.9 Å². The van der Waals surface area contributed by atoms with Crippen LogP contribution in [-0.4, -0.2) is 81.4 Å². The Labute approximate surface area is 269 Å². The van der Waals surface area contributed by atoms with Crippen LogP contribution in [0, 0.1) is 0 Å². The number of benzene rings is 3. The van der Waals surface area contributed by atoms with Gasteiger partial charge < -0.3 is 34.3 Å². The van der Waals surface area contributed by atoms with E-state index in [1.54, 1.807) is 38.5 Å². The molecule has 12 heteroatoms. The Bertz CT molecular complexity index is 1700. The zero-order chi connectivity index (χ0) is 33.9. The number of sulfone groups is 1. The third-order valence-corrected chi connectivity index (χ3v) is 8.93. The van der Waals surface area contributed by atoms with Crippen molar-refractivity contribution >= 4 is 32.7 Å². The number of aromatic amines is 1. The molecule has 0 fully saturated rings. The smallest absolute Gasteiger partial charge is 0.314 e. The van der Waals surface area contributed by atoms with Gasteiger partial charge in [-0.25, -0.2) is 8.42 Å². The lowest BCUT2D eigenvalue weighted by Crippen LogP contribution is -2.23. The maximum atomic E-state index is 13.5. The van der Waals surface area contributed by atoms with Gasteiger partial charge in [-0.15, -0.1) is 0 Å². The van der Waals surface area contributed by atoms with E-state index in [2.05, 4.69) is 23.0 Å². The molecule has 0 spiro atoms. The van der Waals surface area contributed by atoms with E-state index in [0.717, 1.165) is 53.9 Å². The standard InChI is InChI=1S/C31H38N2O5S.C3H4O4/c1-22(2)30-26-9-6-7-10-27(26)32-31(30)39(34,35)25-14-12-24(13-15-25)38-20-8-18-33(3)19-17-23-11-16-28(36-4)29(21-23)37-5;4-2(5)1-3(6)7/h6-7,9-16,21-22,32H,8,17-20H2,1-5H3;1H2,(H,4,5)(H,6,7). The molecule has 4 rings (SSSR count). The van der Waals surface area contributed by atoms with Gasteiger partial charge >= 0.3 is 11.9 Å². The number of ether oxygens (including phenoxy) is 3. The fourth-order valence-corrected chi connectivity index (χ4v) is 6.49. The number of para-hydroxylation sites is 1. The lowest BCUT2D eigenvalue weighted by Gasteiger charge is -2.17. The van der Waals surface area contributed by atoms with Gasteiger partial charge in [-0.3, -0.25) is 9.59 Å². The van der Waals surface area contributed by atoms with Gasteiger partial charge in [0.2, 0.25) is 9.84 Å². The van der Waals surface area contributed by atoms with Crippen LogP contribution in [0.3, 0.4) is 0 Å². The number of fused-ring (bicyclic) bond motifs is 1. The molecular weight excluding hydrogens is 612 g/mol. The van der Waals surface area contributed by atoms with E-state index >= 15 is 0 Å². The molecule has 3 N–H and O–H groups in total. The Kier molecular flexibility index (Phi) is 13.0. The number of rotatable bonds is 15. The van der Waals surface area contributed by atoms with Gasteiger partial charge in [0.1, 0.15) is 17.2 Å². The Morgan fingerprint density at radius 2 is 1.54 bits per heavy atom. The van der Waals surface area contributed by atoms with Crippen LogP contribution in [0.15, 0.2) is 76.7 Å². The summed E-state index contributed by atoms with van der Waals surface area (Å²) in [5.41, 5.74) is 2.84. The summed E-state index contributed by atoms with van der Waals surface area (Å²) in [6, 6.07) is 20.4. The maximum absolute atomic E-state index is 13.5. The van der Waals surface area contributed by atoms with Crippen LogP contribution in [0.2, 0.25) is 0 Å². The van der Waals surface area contributed by atoms with Crippen LogP contribution in [0.25, 0.3) is 10.9 Å². The Morgan fingerprint density at radius 1 is 0.891 bits per heavy atom. The maximum Gasteiger partial charge on any atom is 0.314 e. The number of methoxy groups -OCH3 is 2. The number of aliphatic carboxylic acids is 2. The fourth-order valence-electron chi connectivity index (χ4n) is 4.88. The molecule has 0 aliphatic carbocycles. The molecule has 4 aromatic rings. The number of hydrogen-bond acceptors (Lipinski definition) is 8. The second-order valence-corrected chi connectivity index (χ2v) is 12.8. The van der Waals surface area contributed by atoms with Crippen LogP contribution >= 0.6 is 0 Å². The molecule has 3 aromatic carbocycles. The van der Waals surface area contributed by atoms with Crippen LogP contribution in [0.1, 0.15) is 43.7 Å². The molecule has 0 saturated heterocycles. The van der Waals surface area contributed by atoms with E-state index < -0.39 is 28.2 Å². The molecule has 0 unspecified atom stereocenters. The highest BCUT2D eigenvalue weighted by molar-refractivity contribution is 7.91. The summed E-state index contributed by atoms with van der Waals surface area (Å²) >= 11 is 0. The van der Waals surface area contributed by atoms with Crippen molar-refractivity contribution in [2.24, 2.45) is 0 Å². The third kappa shape index (κ3) is 9.72. The van der Waals surface area contributed by atoms with Crippen molar-refractivity contribution in [1.29, 1.82) is 0 Å². The fraction of sp³-hybridized carbons (Fsp3) is 0.353. The Hall–Kier alpha value is -4.55. The topological polar surface area (TPSA) is 155 Å². The highest BCUT2D eigenvalue weighted by atomic mass is 32.2. The molecule has 46 heavy (non-hydrogen) atoms. The summed E-state index contributed by atoms with van der Waals surface area (Å²) in [6.45, 7) is 6.37. The molecule has 248 valence electrons. The normalized spacial score (nSPS) is 11.3. The number of nitrogens with one attached hydrogen (secondary N) is 1. The molecule has 0 aliphatic rings. The summed E-state index contributed by atoms with van der Waals surface area (Å²) in [6.07, 6.45) is 0.956. The van der Waals surface area contributed by atoms with Crippen molar-refractivity contribution in [3.8, 4) is 17.2 Å². The summed E-state index contributed by atoms with van der Waals surface area (Å²) in [5, 5.41) is 16.6. The summed E-state index contributed by atoms with van der Waals surface area (Å²) in [7, 11) is 1.67. The third-order valence-electron chi connectivity index (χ3n) is 7.18. The quantitative estimate of drug-likeness (QED) is 0.108. The number of carboxylic acids is 2. The lowest BCUT2D eigenvalue weighted by atomic mass is 10.0. The summed E-state index contributed by atoms with van der Waals surface area (Å²) in [4.78, 5) is 24.5. The van der Waals surface area contributed by atoms with Crippen LogP contribution in [0.4, 0.5) is 0 Å². The number of aromatic nitrogens is 1. The zero-order valence-corrected chi connectivity index (χ0v) is 27.6. The summed E-state index contributed by atoms with van der Waals surface area (Å²) < 4.78 is 43.6. The van der Waals surface area contributed by atoms with E-state index in [9.17, 15) is 18.0 Å². The van der Waals surface area contributed by atoms with Gasteiger partial charge in [-0.05, 0) is 79.4 Å². The van der Waals surface area contributed by atoms with Crippen molar-refractivity contribution in [3.05, 3.63) is 77.9 Å². The molecule has 0 aliphatic heterocycles. The monoisotopic (exact) mass is 654 g/mol. The number of carbonyl (C=O) groups is 2. The van der Waals surface area contributed by atoms with E-state index in [0.29, 0.717) is 12.4 Å². The molecule has 0 bridgehead atoms. The predicted octanol–water partition coefficient (Wildman–Crippen LogP) is 5.63. The van der Waals surface area contributed by atoms with Gasteiger partial charge in [-0.2, -0.15) is 0 Å². The number of hydrogen-bond donors (Lipinski definition) is 3. The number of nitrogens with zero attached hydrogens (tertiary/aromatic N) is 1. The van der Waals surface area contributed by atoms with Crippen LogP contribution in [-0.2, 0) is 25.8 Å². The van der Waals surface area contributed by atoms with Crippen molar-refractivity contribution in [2.75, 3.05) is 41.0 Å². The van der Waals surface area contributed by atoms with E-state index in [1.807, 2.05) is 50.2 Å². The lowest BCUT2D eigenvalue weighted by molar-refractivity contribution is -0.147. The second kappa shape index (κ2) is 16.7. The van der Waals surface area contributed by atoms with Gasteiger partial charge in [0.25, 0.3) is 0 Å². The number of H-pyrrole nitrogens is 1. The SMILES string of the molecule is COc1ccc(CCN(C)CCCOc2ccc(S(=O)(=O)c3[nH]c4ccccc4c3C(C)C)cc2)cc1OC.O=C(O)CC(=O)O. The molecular formula is C34H42N2O9S. The molecule has 0 amide bonds. The van der Waals surface area contributed by atoms with Crippen molar-refractivity contribution < 1.29 is 42.4 Å². The minimum atomic E-state index is -3.70. The predicted molar refractivity (Wildman–Crippen MR) is 175 cm³/mol. The van der Waals surface area contributed by atoms with Crippen LogP contribution < -0.4 is 14.2 Å². The minimum absolute atomic E-state index is 0.0608. The van der Waals surface area contributed by atoms with E-state index in [4.69, 9.17) is 24.4 Å². The van der Waals surface area contributed by atoms with Gasteiger partial charge in [-0.1, -0.05) is 38.1 Å². The first-order chi connectivity index (χ1) is 21.9. The molecule has 1 heterocycles. The van der Waals surface area contributed by atoms with Crippen molar-refractivity contribution in [3.63, 3.8) is 0 Å². The van der Waals surface area contributed by atoms with Gasteiger partial charge in [0, 0.05) is 24.0 Å². The first-order valence-corrected chi connectivity index (χ1v) is 16.3. The largest absolute Gasteiger partial charge is 0.494 e. The van der Waals surface area contributed by atoms with Crippen LogP contribution in [0.5, 0.6) is 17.2 Å². The number of likely N-dealkylation sites (N-methyl/N-ethyl adjacent to an activating group) is 1. The minimum Gasteiger partial charge on any atom is -0.494 e. The highest BCUT2D eigenvalue weighted by Crippen LogP contribution is 2.35. The Morgan fingerprint density at radius 3 is 2.13 bits per heavy atom. The zero-order valence-electron chi connectivity index (χ0n) is 26.8. The molecule has 0 saturated carbocycles. The van der Waals surface area contributed by atoms with Gasteiger partial charge in [0.15, 0.2) is 11.5 Å². The second-order valence-electron chi connectivity index (χ2n) is 11.0. The highest BCUT2D eigenvalue weighted by Gasteiger charge is 2.26. The summed E-state index contributed by atoms with van der Waals surface area (Å²) in [5.74, 6) is -0.435. The van der Waals surface area contributed by atoms with Crippen molar-refractivity contribution in [1.82, 2.24) is 9.88 Å². The van der Waals surface area contributed by atoms with E-state index in [1.165, 1.54) is 5.56 Å². The van der Waals surface area contributed by atoms with Gasteiger partial charge in [0.05, 0.1) is 25.7 Å². The molecule has 0 atom stereocenters. The molecule has 1 aromatic heterocycles. The Balaban J connectivity index is 0.000000738. The molecule has 0 radical (unpaired) electrons. The first-order valence-electron chi connectivity index (χ1n) is 14.8.